The first-order valence-corrected chi connectivity index (χ1v) is 6.04. The van der Waals surface area contributed by atoms with Gasteiger partial charge in [0.2, 0.25) is 0 Å². The van der Waals surface area contributed by atoms with Gasteiger partial charge in [0.05, 0.1) is 0 Å². The molecule has 1 aromatic carbocycles. The summed E-state index contributed by atoms with van der Waals surface area (Å²) in [4.78, 5) is 0. The van der Waals surface area contributed by atoms with Crippen LogP contribution in [0.2, 0.25) is 0 Å². The van der Waals surface area contributed by atoms with Crippen molar-refractivity contribution in [3.05, 3.63) is 35.4 Å². The van der Waals surface area contributed by atoms with Crippen LogP contribution in [-0.4, -0.2) is 6.54 Å². The third kappa shape index (κ3) is 4.05. The van der Waals surface area contributed by atoms with Crippen molar-refractivity contribution < 1.29 is 0 Å². The Morgan fingerprint density at radius 3 is 2.33 bits per heavy atom. The molecular weight excluding hydrogens is 182 g/mol. The van der Waals surface area contributed by atoms with Gasteiger partial charge in [-0.05, 0) is 44.2 Å². The van der Waals surface area contributed by atoms with Gasteiger partial charge >= 0.3 is 0 Å². The topological polar surface area (TPSA) is 26.0 Å². The molecule has 1 atom stereocenters. The number of aryl methyl sites for hydroxylation is 1. The molecule has 0 aliphatic heterocycles. The maximum absolute atomic E-state index is 5.58. The Bertz CT molecular complexity index is 263. The standard InChI is InChI=1S/C14H23N/c1-3-5-13(6-4-11-15)14-9-7-12(2)8-10-14/h7-10,13H,3-6,11,15H2,1-2H3. The fraction of sp³-hybridized carbons (Fsp3) is 0.571. The zero-order valence-electron chi connectivity index (χ0n) is 10.00. The zero-order valence-corrected chi connectivity index (χ0v) is 10.00. The van der Waals surface area contributed by atoms with Crippen LogP contribution in [0.1, 0.15) is 49.7 Å². The van der Waals surface area contributed by atoms with E-state index in [2.05, 4.69) is 38.1 Å². The number of hydrogen-bond donors (Lipinski definition) is 1. The summed E-state index contributed by atoms with van der Waals surface area (Å²) in [5, 5.41) is 0. The molecule has 84 valence electrons. The summed E-state index contributed by atoms with van der Waals surface area (Å²) >= 11 is 0. The van der Waals surface area contributed by atoms with E-state index in [-0.39, 0.29) is 0 Å². The molecule has 0 radical (unpaired) electrons. The number of nitrogens with two attached hydrogens (primary N) is 1. The van der Waals surface area contributed by atoms with Gasteiger partial charge in [-0.2, -0.15) is 0 Å². The van der Waals surface area contributed by atoms with Gasteiger partial charge in [0.25, 0.3) is 0 Å². The van der Waals surface area contributed by atoms with Crippen LogP contribution in [-0.2, 0) is 0 Å². The molecule has 0 saturated carbocycles. The third-order valence-electron chi connectivity index (χ3n) is 2.94. The van der Waals surface area contributed by atoms with Crippen molar-refractivity contribution in [2.45, 2.75) is 45.4 Å². The Kier molecular flexibility index (Phi) is 5.41. The van der Waals surface area contributed by atoms with Crippen LogP contribution in [0.15, 0.2) is 24.3 Å². The van der Waals surface area contributed by atoms with E-state index < -0.39 is 0 Å². The van der Waals surface area contributed by atoms with Crippen LogP contribution >= 0.6 is 0 Å². The molecule has 0 spiro atoms. The molecule has 0 fully saturated rings. The van der Waals surface area contributed by atoms with Gasteiger partial charge in [-0.3, -0.25) is 0 Å². The van der Waals surface area contributed by atoms with Crippen LogP contribution in [0, 0.1) is 6.92 Å². The molecule has 2 N–H and O–H groups in total. The normalized spacial score (nSPS) is 12.7. The van der Waals surface area contributed by atoms with Gasteiger partial charge in [0.1, 0.15) is 0 Å². The molecule has 0 amide bonds. The summed E-state index contributed by atoms with van der Waals surface area (Å²) in [5.74, 6) is 0.708. The van der Waals surface area contributed by atoms with Crippen LogP contribution in [0.4, 0.5) is 0 Å². The van der Waals surface area contributed by atoms with Crippen molar-refractivity contribution in [1.82, 2.24) is 0 Å². The lowest BCUT2D eigenvalue weighted by atomic mass is 9.90. The predicted octanol–water partition coefficient (Wildman–Crippen LogP) is 3.62. The molecule has 0 aliphatic carbocycles. The third-order valence-corrected chi connectivity index (χ3v) is 2.94. The molecule has 0 bridgehead atoms. The molecule has 0 heterocycles. The quantitative estimate of drug-likeness (QED) is 0.754. The SMILES string of the molecule is CCCC(CCCN)c1ccc(C)cc1. The monoisotopic (exact) mass is 205 g/mol. The van der Waals surface area contributed by atoms with Crippen LogP contribution in [0.5, 0.6) is 0 Å². The Balaban J connectivity index is 2.65. The average molecular weight is 205 g/mol. The summed E-state index contributed by atoms with van der Waals surface area (Å²) in [7, 11) is 0. The smallest absolute Gasteiger partial charge is 0.00771 e. The van der Waals surface area contributed by atoms with Gasteiger partial charge in [-0.1, -0.05) is 43.2 Å². The van der Waals surface area contributed by atoms with Crippen molar-refractivity contribution in [2.75, 3.05) is 6.54 Å². The van der Waals surface area contributed by atoms with Crippen molar-refractivity contribution in [3.8, 4) is 0 Å². The number of benzene rings is 1. The van der Waals surface area contributed by atoms with Gasteiger partial charge in [0.15, 0.2) is 0 Å². The maximum atomic E-state index is 5.58. The molecule has 0 aromatic heterocycles. The van der Waals surface area contributed by atoms with Crippen molar-refractivity contribution in [3.63, 3.8) is 0 Å². The zero-order chi connectivity index (χ0) is 11.1. The second-order valence-corrected chi connectivity index (χ2v) is 4.33. The first kappa shape index (κ1) is 12.3. The van der Waals surface area contributed by atoms with E-state index in [0.29, 0.717) is 5.92 Å². The Labute approximate surface area is 93.7 Å². The Morgan fingerprint density at radius 1 is 1.13 bits per heavy atom. The first-order chi connectivity index (χ1) is 7.27. The molecule has 1 rings (SSSR count). The van der Waals surface area contributed by atoms with Crippen LogP contribution in [0.25, 0.3) is 0 Å². The van der Waals surface area contributed by atoms with E-state index in [1.54, 1.807) is 0 Å². The van der Waals surface area contributed by atoms with Crippen molar-refractivity contribution in [2.24, 2.45) is 5.73 Å². The summed E-state index contributed by atoms with van der Waals surface area (Å²) in [5.41, 5.74) is 8.40. The predicted molar refractivity (Wildman–Crippen MR) is 67.1 cm³/mol. The summed E-state index contributed by atoms with van der Waals surface area (Å²) in [6, 6.07) is 8.96. The highest BCUT2D eigenvalue weighted by Gasteiger charge is 2.09. The molecule has 1 nitrogen and oxygen atoms in total. The molecule has 0 aliphatic rings. The Hall–Kier alpha value is -0.820. The largest absolute Gasteiger partial charge is 0.330 e. The van der Waals surface area contributed by atoms with Gasteiger partial charge in [-0.25, -0.2) is 0 Å². The van der Waals surface area contributed by atoms with Crippen LogP contribution < -0.4 is 5.73 Å². The van der Waals surface area contributed by atoms with E-state index >= 15 is 0 Å². The van der Waals surface area contributed by atoms with Crippen LogP contribution in [0.3, 0.4) is 0 Å². The molecule has 0 saturated heterocycles. The molecule has 15 heavy (non-hydrogen) atoms. The lowest BCUT2D eigenvalue weighted by Crippen LogP contribution is -2.04. The van der Waals surface area contributed by atoms with Gasteiger partial charge in [0, 0.05) is 0 Å². The van der Waals surface area contributed by atoms with E-state index in [0.717, 1.165) is 13.0 Å². The minimum atomic E-state index is 0.708. The Morgan fingerprint density at radius 2 is 1.80 bits per heavy atom. The highest BCUT2D eigenvalue weighted by Crippen LogP contribution is 2.26. The fourth-order valence-corrected chi connectivity index (χ4v) is 2.03. The number of rotatable bonds is 6. The lowest BCUT2D eigenvalue weighted by molar-refractivity contribution is 0.550. The van der Waals surface area contributed by atoms with Gasteiger partial charge in [-0.15, -0.1) is 0 Å². The second kappa shape index (κ2) is 6.62. The summed E-state index contributed by atoms with van der Waals surface area (Å²) < 4.78 is 0. The maximum Gasteiger partial charge on any atom is -0.00771 e. The highest BCUT2D eigenvalue weighted by atomic mass is 14.5. The number of hydrogen-bond acceptors (Lipinski definition) is 1. The first-order valence-electron chi connectivity index (χ1n) is 6.04. The average Bonchev–Trinajstić information content (AvgIpc) is 2.25. The van der Waals surface area contributed by atoms with E-state index in [1.807, 2.05) is 0 Å². The lowest BCUT2D eigenvalue weighted by Gasteiger charge is -2.16. The second-order valence-electron chi connectivity index (χ2n) is 4.33. The van der Waals surface area contributed by atoms with Crippen molar-refractivity contribution >= 4 is 0 Å². The molecule has 1 aromatic rings. The highest BCUT2D eigenvalue weighted by molar-refractivity contribution is 5.24. The minimum Gasteiger partial charge on any atom is -0.330 e. The van der Waals surface area contributed by atoms with E-state index in [4.69, 9.17) is 5.73 Å². The van der Waals surface area contributed by atoms with E-state index in [1.165, 1.54) is 30.4 Å². The molecule has 1 heteroatoms. The van der Waals surface area contributed by atoms with Gasteiger partial charge < -0.3 is 5.73 Å². The summed E-state index contributed by atoms with van der Waals surface area (Å²) in [6.45, 7) is 5.20. The minimum absolute atomic E-state index is 0.708. The molecular formula is C14H23N. The van der Waals surface area contributed by atoms with Crippen molar-refractivity contribution in [1.29, 1.82) is 0 Å². The molecule has 1 unspecified atom stereocenters. The van der Waals surface area contributed by atoms with E-state index in [9.17, 15) is 0 Å². The fourth-order valence-electron chi connectivity index (χ4n) is 2.03. The summed E-state index contributed by atoms with van der Waals surface area (Å²) in [6.07, 6.45) is 4.90.